The molecule has 5 nitrogen and oxygen atoms in total. The molecule has 4 aromatic rings. The molecule has 0 aliphatic carbocycles. The number of hydrogen-bond acceptors (Lipinski definition) is 2. The summed E-state index contributed by atoms with van der Waals surface area (Å²) in [6.45, 7) is 0. The predicted molar refractivity (Wildman–Crippen MR) is 89.8 cm³/mol. The SMILES string of the molecule is O=C(Nc1ccc(-n2ccnc2)cc1)c1cc2c(F)cccc2[nH]1. The molecule has 24 heavy (non-hydrogen) atoms. The van der Waals surface area contributed by atoms with E-state index in [0.717, 1.165) is 5.69 Å². The lowest BCUT2D eigenvalue weighted by molar-refractivity contribution is 0.102. The molecule has 0 saturated heterocycles. The van der Waals surface area contributed by atoms with Crippen LogP contribution in [0.25, 0.3) is 16.6 Å². The van der Waals surface area contributed by atoms with Crippen molar-refractivity contribution in [3.05, 3.63) is 78.8 Å². The molecule has 0 saturated carbocycles. The van der Waals surface area contributed by atoms with E-state index < -0.39 is 0 Å². The van der Waals surface area contributed by atoms with Gasteiger partial charge >= 0.3 is 0 Å². The first-order chi connectivity index (χ1) is 11.7. The molecule has 0 aliphatic heterocycles. The second kappa shape index (κ2) is 5.66. The number of aromatic amines is 1. The Morgan fingerprint density at radius 2 is 2.00 bits per heavy atom. The summed E-state index contributed by atoms with van der Waals surface area (Å²) in [6, 6.07) is 13.6. The Hall–Kier alpha value is -3.41. The predicted octanol–water partition coefficient (Wildman–Crippen LogP) is 3.75. The molecule has 2 N–H and O–H groups in total. The van der Waals surface area contributed by atoms with E-state index in [1.165, 1.54) is 12.1 Å². The first-order valence-electron chi connectivity index (χ1n) is 7.38. The molecule has 0 spiro atoms. The molecule has 0 fully saturated rings. The molecule has 1 amide bonds. The van der Waals surface area contributed by atoms with Gasteiger partial charge in [-0.05, 0) is 42.5 Å². The number of hydrogen-bond donors (Lipinski definition) is 2. The van der Waals surface area contributed by atoms with Crippen LogP contribution >= 0.6 is 0 Å². The Morgan fingerprint density at radius 1 is 1.17 bits per heavy atom. The Morgan fingerprint density at radius 3 is 2.71 bits per heavy atom. The molecule has 2 aromatic heterocycles. The van der Waals surface area contributed by atoms with Gasteiger partial charge in [0, 0.05) is 34.7 Å². The van der Waals surface area contributed by atoms with Crippen LogP contribution in [0.1, 0.15) is 10.5 Å². The quantitative estimate of drug-likeness (QED) is 0.604. The average molecular weight is 320 g/mol. The van der Waals surface area contributed by atoms with E-state index >= 15 is 0 Å². The second-order valence-electron chi connectivity index (χ2n) is 5.36. The fourth-order valence-electron chi connectivity index (χ4n) is 2.57. The number of imidazole rings is 1. The Labute approximate surface area is 136 Å². The summed E-state index contributed by atoms with van der Waals surface area (Å²) in [6.07, 6.45) is 5.24. The van der Waals surface area contributed by atoms with Crippen molar-refractivity contribution in [2.45, 2.75) is 0 Å². The summed E-state index contributed by atoms with van der Waals surface area (Å²) in [5.41, 5.74) is 2.51. The number of anilines is 1. The van der Waals surface area contributed by atoms with Crippen molar-refractivity contribution >= 4 is 22.5 Å². The van der Waals surface area contributed by atoms with Crippen molar-refractivity contribution in [3.63, 3.8) is 0 Å². The minimum Gasteiger partial charge on any atom is -0.350 e. The van der Waals surface area contributed by atoms with Gasteiger partial charge in [0.05, 0.1) is 6.33 Å². The minimum absolute atomic E-state index is 0.314. The number of nitrogens with one attached hydrogen (secondary N) is 2. The van der Waals surface area contributed by atoms with Crippen molar-refractivity contribution in [3.8, 4) is 5.69 Å². The highest BCUT2D eigenvalue weighted by Crippen LogP contribution is 2.20. The lowest BCUT2D eigenvalue weighted by Gasteiger charge is -2.06. The summed E-state index contributed by atoms with van der Waals surface area (Å²) in [7, 11) is 0. The number of amides is 1. The van der Waals surface area contributed by atoms with Crippen LogP contribution in [-0.4, -0.2) is 20.4 Å². The highest BCUT2D eigenvalue weighted by atomic mass is 19.1. The van der Waals surface area contributed by atoms with Gasteiger partial charge in [0.2, 0.25) is 0 Å². The number of carbonyl (C=O) groups is 1. The molecule has 0 bridgehead atoms. The maximum Gasteiger partial charge on any atom is 0.272 e. The molecule has 0 radical (unpaired) electrons. The molecule has 4 rings (SSSR count). The zero-order chi connectivity index (χ0) is 16.5. The monoisotopic (exact) mass is 320 g/mol. The molecular weight excluding hydrogens is 307 g/mol. The molecular formula is C18H13FN4O. The van der Waals surface area contributed by atoms with Gasteiger partial charge in [-0.15, -0.1) is 0 Å². The van der Waals surface area contributed by atoms with Crippen LogP contribution in [0.15, 0.2) is 67.3 Å². The number of rotatable bonds is 3. The molecule has 0 unspecified atom stereocenters. The fraction of sp³-hybridized carbons (Fsp3) is 0. The number of benzene rings is 2. The van der Waals surface area contributed by atoms with Gasteiger partial charge in [0.15, 0.2) is 0 Å². The summed E-state index contributed by atoms with van der Waals surface area (Å²) in [4.78, 5) is 19.2. The number of H-pyrrole nitrogens is 1. The third-order valence-corrected chi connectivity index (χ3v) is 3.78. The van der Waals surface area contributed by atoms with Crippen LogP contribution in [0.3, 0.4) is 0 Å². The first-order valence-corrected chi connectivity index (χ1v) is 7.38. The minimum atomic E-state index is -0.354. The number of carbonyl (C=O) groups excluding carboxylic acids is 1. The van der Waals surface area contributed by atoms with E-state index in [1.54, 1.807) is 36.8 Å². The number of nitrogens with zero attached hydrogens (tertiary/aromatic N) is 2. The maximum absolute atomic E-state index is 13.7. The van der Waals surface area contributed by atoms with E-state index in [-0.39, 0.29) is 11.7 Å². The van der Waals surface area contributed by atoms with Gasteiger partial charge in [-0.1, -0.05) is 6.07 Å². The largest absolute Gasteiger partial charge is 0.350 e. The molecule has 6 heteroatoms. The second-order valence-corrected chi connectivity index (χ2v) is 5.36. The Balaban J connectivity index is 1.55. The molecule has 0 aliphatic rings. The molecule has 2 aromatic carbocycles. The van der Waals surface area contributed by atoms with Crippen molar-refractivity contribution in [1.82, 2.24) is 14.5 Å². The number of fused-ring (bicyclic) bond motifs is 1. The van der Waals surface area contributed by atoms with Crippen LogP contribution in [0, 0.1) is 5.82 Å². The summed E-state index contributed by atoms with van der Waals surface area (Å²) in [5.74, 6) is -0.673. The van der Waals surface area contributed by atoms with Crippen LogP contribution in [0.2, 0.25) is 0 Å². The highest BCUT2D eigenvalue weighted by molar-refractivity contribution is 6.06. The van der Waals surface area contributed by atoms with Gasteiger partial charge in [0.25, 0.3) is 5.91 Å². The fourth-order valence-corrected chi connectivity index (χ4v) is 2.57. The smallest absolute Gasteiger partial charge is 0.272 e. The average Bonchev–Trinajstić information content (AvgIpc) is 3.26. The lowest BCUT2D eigenvalue weighted by Crippen LogP contribution is -2.12. The zero-order valence-electron chi connectivity index (χ0n) is 12.5. The molecule has 118 valence electrons. The van der Waals surface area contributed by atoms with E-state index in [9.17, 15) is 9.18 Å². The Kier molecular flexibility index (Phi) is 3.35. The maximum atomic E-state index is 13.7. The summed E-state index contributed by atoms with van der Waals surface area (Å²) in [5, 5.41) is 3.19. The van der Waals surface area contributed by atoms with Crippen molar-refractivity contribution < 1.29 is 9.18 Å². The van der Waals surface area contributed by atoms with E-state index in [2.05, 4.69) is 15.3 Å². The third kappa shape index (κ3) is 2.54. The molecule has 2 heterocycles. The molecule has 0 atom stereocenters. The van der Waals surface area contributed by atoms with Crippen LogP contribution in [0.5, 0.6) is 0 Å². The third-order valence-electron chi connectivity index (χ3n) is 3.78. The summed E-state index contributed by atoms with van der Waals surface area (Å²) >= 11 is 0. The van der Waals surface area contributed by atoms with E-state index in [4.69, 9.17) is 0 Å². The first kappa shape index (κ1) is 14.2. The topological polar surface area (TPSA) is 62.7 Å². The standard InChI is InChI=1S/C18H13FN4O/c19-15-2-1-3-16-14(15)10-17(22-16)18(24)21-12-4-6-13(7-5-12)23-9-8-20-11-23/h1-11,22H,(H,21,24). The number of aromatic nitrogens is 3. The zero-order valence-corrected chi connectivity index (χ0v) is 12.5. The summed E-state index contributed by atoms with van der Waals surface area (Å²) < 4.78 is 15.6. The van der Waals surface area contributed by atoms with Gasteiger partial charge in [-0.3, -0.25) is 4.79 Å². The van der Waals surface area contributed by atoms with E-state index in [0.29, 0.717) is 22.3 Å². The van der Waals surface area contributed by atoms with Crippen LogP contribution in [-0.2, 0) is 0 Å². The van der Waals surface area contributed by atoms with Crippen molar-refractivity contribution in [2.75, 3.05) is 5.32 Å². The lowest BCUT2D eigenvalue weighted by atomic mass is 10.2. The van der Waals surface area contributed by atoms with Gasteiger partial charge in [-0.25, -0.2) is 9.37 Å². The van der Waals surface area contributed by atoms with Crippen LogP contribution in [0.4, 0.5) is 10.1 Å². The van der Waals surface area contributed by atoms with Crippen molar-refractivity contribution in [1.29, 1.82) is 0 Å². The Bertz CT molecular complexity index is 1000. The van der Waals surface area contributed by atoms with E-state index in [1.807, 2.05) is 22.9 Å². The normalized spacial score (nSPS) is 10.9. The number of halogens is 1. The van der Waals surface area contributed by atoms with Gasteiger partial charge < -0.3 is 14.9 Å². The van der Waals surface area contributed by atoms with Crippen molar-refractivity contribution in [2.24, 2.45) is 0 Å². The highest BCUT2D eigenvalue weighted by Gasteiger charge is 2.12. The van der Waals surface area contributed by atoms with Crippen LogP contribution < -0.4 is 5.32 Å². The van der Waals surface area contributed by atoms with Gasteiger partial charge in [-0.2, -0.15) is 0 Å². The van der Waals surface area contributed by atoms with Gasteiger partial charge in [0.1, 0.15) is 11.5 Å².